The van der Waals surface area contributed by atoms with Crippen LogP contribution in [0.3, 0.4) is 0 Å². The van der Waals surface area contributed by atoms with Crippen molar-refractivity contribution >= 4 is 38.6 Å². The summed E-state index contributed by atoms with van der Waals surface area (Å²) in [5.41, 5.74) is 2.95. The first kappa shape index (κ1) is 19.1. The minimum Gasteiger partial charge on any atom is -0.462 e. The molecule has 0 amide bonds. The highest BCUT2D eigenvalue weighted by atomic mass is 79.9. The van der Waals surface area contributed by atoms with E-state index in [9.17, 15) is 9.59 Å². The largest absolute Gasteiger partial charge is 0.462 e. The topological polar surface area (TPSA) is 69.4 Å². The van der Waals surface area contributed by atoms with Crippen molar-refractivity contribution in [2.45, 2.75) is 6.92 Å². The van der Waals surface area contributed by atoms with Crippen LogP contribution in [-0.4, -0.2) is 23.3 Å². The summed E-state index contributed by atoms with van der Waals surface area (Å²) in [7, 11) is 0. The standard InChI is InChI=1S/C23H16BrNO4/c1-14-10-22(28-12-14)20-11-18(17-4-2-3-5-19(17)25-20)23(27)29-13-21(26)15-6-8-16(24)9-7-15/h2-12H,13H2,1H3. The number of hydrogen-bond acceptors (Lipinski definition) is 5. The Hall–Kier alpha value is -3.25. The summed E-state index contributed by atoms with van der Waals surface area (Å²) in [4.78, 5) is 29.7. The maximum Gasteiger partial charge on any atom is 0.339 e. The van der Waals surface area contributed by atoms with Gasteiger partial charge in [-0.15, -0.1) is 0 Å². The lowest BCUT2D eigenvalue weighted by Crippen LogP contribution is -2.15. The minimum atomic E-state index is -0.585. The average Bonchev–Trinajstić information content (AvgIpc) is 3.18. The molecule has 0 aliphatic carbocycles. The fourth-order valence-corrected chi connectivity index (χ4v) is 3.23. The lowest BCUT2D eigenvalue weighted by atomic mass is 10.1. The van der Waals surface area contributed by atoms with Gasteiger partial charge in [0, 0.05) is 15.4 Å². The van der Waals surface area contributed by atoms with Crippen LogP contribution in [0.5, 0.6) is 0 Å². The Morgan fingerprint density at radius 1 is 1.07 bits per heavy atom. The van der Waals surface area contributed by atoms with Crippen LogP contribution in [0.1, 0.15) is 26.3 Å². The van der Waals surface area contributed by atoms with Crippen LogP contribution in [0.15, 0.2) is 75.8 Å². The summed E-state index contributed by atoms with van der Waals surface area (Å²) in [6.07, 6.45) is 1.63. The zero-order valence-electron chi connectivity index (χ0n) is 15.5. The first-order chi connectivity index (χ1) is 14.0. The van der Waals surface area contributed by atoms with Crippen LogP contribution in [0.4, 0.5) is 0 Å². The molecule has 0 fully saturated rings. The predicted octanol–water partition coefficient (Wildman–Crippen LogP) is 5.61. The lowest BCUT2D eigenvalue weighted by molar-refractivity contribution is 0.0476. The van der Waals surface area contributed by atoms with E-state index < -0.39 is 5.97 Å². The van der Waals surface area contributed by atoms with Crippen LogP contribution in [0.2, 0.25) is 0 Å². The molecule has 4 aromatic rings. The molecule has 0 aliphatic heterocycles. The summed E-state index contributed by atoms with van der Waals surface area (Å²) in [5.74, 6) is -0.294. The number of esters is 1. The van der Waals surface area contributed by atoms with Gasteiger partial charge >= 0.3 is 5.97 Å². The van der Waals surface area contributed by atoms with Crippen LogP contribution in [-0.2, 0) is 4.74 Å². The number of Topliss-reactive ketones (excluding diaryl/α,β-unsaturated/α-hetero) is 1. The van der Waals surface area contributed by atoms with E-state index in [0.717, 1.165) is 10.0 Å². The molecule has 29 heavy (non-hydrogen) atoms. The second-order valence-corrected chi connectivity index (χ2v) is 7.48. The quantitative estimate of drug-likeness (QED) is 0.292. The van der Waals surface area contributed by atoms with Crippen molar-refractivity contribution in [2.24, 2.45) is 0 Å². The predicted molar refractivity (Wildman–Crippen MR) is 113 cm³/mol. The zero-order valence-corrected chi connectivity index (χ0v) is 17.1. The summed E-state index contributed by atoms with van der Waals surface area (Å²) in [6, 6.07) is 17.7. The van der Waals surface area contributed by atoms with Gasteiger partial charge in [0.25, 0.3) is 0 Å². The van der Waals surface area contributed by atoms with E-state index in [4.69, 9.17) is 9.15 Å². The number of carbonyl (C=O) groups excluding carboxylic acids is 2. The molecular weight excluding hydrogens is 434 g/mol. The lowest BCUT2D eigenvalue weighted by Gasteiger charge is -2.09. The third kappa shape index (κ3) is 4.12. The SMILES string of the molecule is Cc1coc(-c2cc(C(=O)OCC(=O)c3ccc(Br)cc3)c3ccccc3n2)c1. The van der Waals surface area contributed by atoms with Gasteiger partial charge in [0.05, 0.1) is 17.3 Å². The van der Waals surface area contributed by atoms with Gasteiger partial charge in [-0.2, -0.15) is 0 Å². The highest BCUT2D eigenvalue weighted by Gasteiger charge is 2.18. The number of hydrogen-bond donors (Lipinski definition) is 0. The van der Waals surface area contributed by atoms with E-state index in [1.165, 1.54) is 0 Å². The van der Waals surface area contributed by atoms with Crippen LogP contribution >= 0.6 is 15.9 Å². The van der Waals surface area contributed by atoms with Crippen molar-refractivity contribution in [2.75, 3.05) is 6.61 Å². The van der Waals surface area contributed by atoms with E-state index in [1.54, 1.807) is 42.7 Å². The monoisotopic (exact) mass is 449 g/mol. The Kier molecular flexibility index (Phi) is 5.27. The van der Waals surface area contributed by atoms with E-state index in [2.05, 4.69) is 20.9 Å². The molecular formula is C23H16BrNO4. The van der Waals surface area contributed by atoms with E-state index >= 15 is 0 Å². The molecule has 2 aromatic carbocycles. The Morgan fingerprint density at radius 2 is 1.83 bits per heavy atom. The van der Waals surface area contributed by atoms with Crippen LogP contribution in [0.25, 0.3) is 22.4 Å². The maximum atomic E-state index is 12.8. The summed E-state index contributed by atoms with van der Waals surface area (Å²) >= 11 is 3.33. The molecule has 6 heteroatoms. The van der Waals surface area contributed by atoms with Crippen molar-refractivity contribution < 1.29 is 18.7 Å². The van der Waals surface area contributed by atoms with Gasteiger partial charge < -0.3 is 9.15 Å². The second-order valence-electron chi connectivity index (χ2n) is 6.57. The molecule has 0 atom stereocenters. The summed E-state index contributed by atoms with van der Waals surface area (Å²) in [5, 5.41) is 0.653. The molecule has 0 unspecified atom stereocenters. The molecule has 144 valence electrons. The fourth-order valence-electron chi connectivity index (χ4n) is 2.96. The average molecular weight is 450 g/mol. The number of ether oxygens (including phenoxy) is 1. The maximum absolute atomic E-state index is 12.8. The van der Waals surface area contributed by atoms with Crippen molar-refractivity contribution in [3.8, 4) is 11.5 Å². The third-order valence-corrected chi connectivity index (χ3v) is 4.95. The van der Waals surface area contributed by atoms with Gasteiger partial charge in [0.15, 0.2) is 18.2 Å². The number of pyridine rings is 1. The number of benzene rings is 2. The molecule has 0 aliphatic rings. The molecule has 2 heterocycles. The highest BCUT2D eigenvalue weighted by Crippen LogP contribution is 2.26. The van der Waals surface area contributed by atoms with Crippen molar-refractivity contribution in [3.63, 3.8) is 0 Å². The van der Waals surface area contributed by atoms with Crippen molar-refractivity contribution in [1.82, 2.24) is 4.98 Å². The number of carbonyl (C=O) groups is 2. The fraction of sp³-hybridized carbons (Fsp3) is 0.0870. The van der Waals surface area contributed by atoms with Gasteiger partial charge in [0.2, 0.25) is 0 Å². The van der Waals surface area contributed by atoms with E-state index in [1.807, 2.05) is 31.2 Å². The molecule has 4 rings (SSSR count). The minimum absolute atomic E-state index is 0.272. The first-order valence-electron chi connectivity index (χ1n) is 8.92. The van der Waals surface area contributed by atoms with E-state index in [-0.39, 0.29) is 12.4 Å². The number of fused-ring (bicyclic) bond motifs is 1. The second kappa shape index (κ2) is 8.01. The Bertz CT molecular complexity index is 1210. The number of aryl methyl sites for hydroxylation is 1. The molecule has 0 saturated heterocycles. The van der Waals surface area contributed by atoms with Crippen molar-refractivity contribution in [1.29, 1.82) is 0 Å². The van der Waals surface area contributed by atoms with Crippen LogP contribution < -0.4 is 0 Å². The summed E-state index contributed by atoms with van der Waals surface area (Å²) < 4.78 is 11.7. The zero-order chi connectivity index (χ0) is 20.4. The molecule has 5 nitrogen and oxygen atoms in total. The van der Waals surface area contributed by atoms with Gasteiger partial charge in [0.1, 0.15) is 5.69 Å². The molecule has 0 N–H and O–H groups in total. The molecule has 0 bridgehead atoms. The molecule has 0 radical (unpaired) electrons. The first-order valence-corrected chi connectivity index (χ1v) is 9.72. The molecule has 0 spiro atoms. The number of para-hydroxylation sites is 1. The molecule has 0 saturated carbocycles. The van der Waals surface area contributed by atoms with Gasteiger partial charge in [-0.3, -0.25) is 4.79 Å². The van der Waals surface area contributed by atoms with Gasteiger partial charge in [-0.05, 0) is 42.8 Å². The highest BCUT2D eigenvalue weighted by molar-refractivity contribution is 9.10. The summed E-state index contributed by atoms with van der Waals surface area (Å²) in [6.45, 7) is 1.57. The molecule has 2 aromatic heterocycles. The normalized spacial score (nSPS) is 10.8. The Labute approximate surface area is 175 Å². The van der Waals surface area contributed by atoms with Crippen LogP contribution in [0, 0.1) is 6.92 Å². The number of nitrogens with zero attached hydrogens (tertiary/aromatic N) is 1. The number of halogens is 1. The Balaban J connectivity index is 1.62. The number of furan rings is 1. The third-order valence-electron chi connectivity index (χ3n) is 4.42. The smallest absolute Gasteiger partial charge is 0.339 e. The number of aromatic nitrogens is 1. The number of rotatable bonds is 5. The number of ketones is 1. The van der Waals surface area contributed by atoms with Gasteiger partial charge in [-0.1, -0.05) is 46.3 Å². The van der Waals surface area contributed by atoms with E-state index in [0.29, 0.717) is 33.5 Å². The Morgan fingerprint density at radius 3 is 2.55 bits per heavy atom. The van der Waals surface area contributed by atoms with Gasteiger partial charge in [-0.25, -0.2) is 9.78 Å². The van der Waals surface area contributed by atoms with Crippen molar-refractivity contribution in [3.05, 3.63) is 88.1 Å².